The summed E-state index contributed by atoms with van der Waals surface area (Å²) in [6, 6.07) is 12.1. The molecular formula is C25H22F3N3O3. The van der Waals surface area contributed by atoms with Crippen molar-refractivity contribution >= 4 is 12.0 Å². The van der Waals surface area contributed by atoms with Crippen LogP contribution < -0.4 is 10.1 Å². The van der Waals surface area contributed by atoms with E-state index in [0.29, 0.717) is 30.6 Å². The number of aromatic nitrogens is 2. The number of aliphatic hydroxyl groups is 1. The molecule has 34 heavy (non-hydrogen) atoms. The Hall–Kier alpha value is -3.72. The van der Waals surface area contributed by atoms with E-state index in [1.807, 2.05) is 12.1 Å². The highest BCUT2D eigenvalue weighted by molar-refractivity contribution is 5.94. The predicted molar refractivity (Wildman–Crippen MR) is 119 cm³/mol. The first-order chi connectivity index (χ1) is 16.3. The lowest BCUT2D eigenvalue weighted by molar-refractivity contribution is -0.137. The van der Waals surface area contributed by atoms with E-state index in [2.05, 4.69) is 15.3 Å². The number of rotatable bonds is 5. The number of pyridine rings is 2. The van der Waals surface area contributed by atoms with Gasteiger partial charge in [-0.15, -0.1) is 0 Å². The number of amides is 1. The maximum atomic E-state index is 12.7. The van der Waals surface area contributed by atoms with E-state index < -0.39 is 17.8 Å². The molecule has 1 aliphatic carbocycles. The van der Waals surface area contributed by atoms with Gasteiger partial charge in [0, 0.05) is 24.7 Å². The Bertz CT molecular complexity index is 1170. The molecule has 2 aromatic heterocycles. The van der Waals surface area contributed by atoms with E-state index in [-0.39, 0.29) is 17.8 Å². The smallest absolute Gasteiger partial charge is 0.417 e. The molecule has 9 heteroatoms. The Morgan fingerprint density at radius 2 is 2.00 bits per heavy atom. The number of alkyl halides is 3. The van der Waals surface area contributed by atoms with Gasteiger partial charge in [-0.3, -0.25) is 9.78 Å². The SMILES string of the molecule is O=C(NC1CC/C(=C/c2cccc(Oc3ccc(C(F)(F)F)cn3)c2)CC1O)c1cccnc1. The molecule has 2 unspecified atom stereocenters. The Morgan fingerprint density at radius 1 is 1.15 bits per heavy atom. The molecular weight excluding hydrogens is 447 g/mol. The minimum Gasteiger partial charge on any atom is -0.439 e. The molecule has 2 heterocycles. The van der Waals surface area contributed by atoms with E-state index in [0.717, 1.165) is 23.4 Å². The van der Waals surface area contributed by atoms with Crippen molar-refractivity contribution in [1.82, 2.24) is 15.3 Å². The van der Waals surface area contributed by atoms with Crippen LogP contribution in [0.15, 0.2) is 72.7 Å². The Morgan fingerprint density at radius 3 is 2.68 bits per heavy atom. The van der Waals surface area contributed by atoms with E-state index in [9.17, 15) is 23.1 Å². The van der Waals surface area contributed by atoms with Crippen molar-refractivity contribution in [2.75, 3.05) is 0 Å². The summed E-state index contributed by atoms with van der Waals surface area (Å²) in [5.74, 6) is 0.212. The predicted octanol–water partition coefficient (Wildman–Crippen LogP) is 5.01. The lowest BCUT2D eigenvalue weighted by Gasteiger charge is -2.30. The van der Waals surface area contributed by atoms with Gasteiger partial charge < -0.3 is 15.2 Å². The van der Waals surface area contributed by atoms with Crippen molar-refractivity contribution < 1.29 is 27.8 Å². The maximum absolute atomic E-state index is 12.7. The number of halogens is 3. The van der Waals surface area contributed by atoms with Crippen molar-refractivity contribution in [1.29, 1.82) is 0 Å². The van der Waals surface area contributed by atoms with Gasteiger partial charge in [0.25, 0.3) is 5.91 Å². The highest BCUT2D eigenvalue weighted by Gasteiger charge is 2.31. The summed E-state index contributed by atoms with van der Waals surface area (Å²) < 4.78 is 43.6. The number of aliphatic hydroxyl groups excluding tert-OH is 1. The minimum absolute atomic E-state index is 0.0538. The van der Waals surface area contributed by atoms with Crippen LogP contribution in [0.5, 0.6) is 11.6 Å². The molecule has 1 fully saturated rings. The number of carbonyl (C=O) groups excluding carboxylic acids is 1. The van der Waals surface area contributed by atoms with Gasteiger partial charge >= 0.3 is 6.18 Å². The van der Waals surface area contributed by atoms with Crippen LogP contribution in [0.3, 0.4) is 0 Å². The molecule has 0 spiro atoms. The van der Waals surface area contributed by atoms with Crippen LogP contribution in [-0.4, -0.2) is 33.1 Å². The fourth-order valence-corrected chi connectivity index (χ4v) is 3.73. The summed E-state index contributed by atoms with van der Waals surface area (Å²) in [6.45, 7) is 0. The molecule has 176 valence electrons. The zero-order chi connectivity index (χ0) is 24.1. The standard InChI is InChI=1S/C25H22F3N3O3/c26-25(27,28)19-7-9-23(30-15-19)34-20-5-1-3-16(12-20)11-17-6-8-21(22(32)13-17)31-24(33)18-4-2-10-29-14-18/h1-5,7,9-12,14-15,21-22,32H,6,8,13H2,(H,31,33)/b17-11-. The summed E-state index contributed by atoms with van der Waals surface area (Å²) in [4.78, 5) is 20.0. The summed E-state index contributed by atoms with van der Waals surface area (Å²) in [6.07, 6.45) is 2.24. The first-order valence-electron chi connectivity index (χ1n) is 10.7. The van der Waals surface area contributed by atoms with Crippen molar-refractivity contribution in [3.63, 3.8) is 0 Å². The summed E-state index contributed by atoms with van der Waals surface area (Å²) >= 11 is 0. The average Bonchev–Trinajstić information content (AvgIpc) is 2.81. The highest BCUT2D eigenvalue weighted by atomic mass is 19.4. The molecule has 1 aromatic carbocycles. The molecule has 1 saturated carbocycles. The van der Waals surface area contributed by atoms with Crippen LogP contribution in [0.25, 0.3) is 6.08 Å². The number of hydrogen-bond donors (Lipinski definition) is 2. The van der Waals surface area contributed by atoms with Crippen molar-refractivity contribution in [2.24, 2.45) is 0 Å². The van der Waals surface area contributed by atoms with Gasteiger partial charge in [0.15, 0.2) is 0 Å². The number of carbonyl (C=O) groups is 1. The Labute approximate surface area is 194 Å². The lowest BCUT2D eigenvalue weighted by atomic mass is 9.87. The van der Waals surface area contributed by atoms with Crippen molar-refractivity contribution in [3.05, 3.63) is 89.4 Å². The van der Waals surface area contributed by atoms with Gasteiger partial charge in [-0.05, 0) is 55.2 Å². The number of hydrogen-bond acceptors (Lipinski definition) is 5. The van der Waals surface area contributed by atoms with Gasteiger partial charge in [0.05, 0.1) is 23.3 Å². The first kappa shape index (κ1) is 23.4. The van der Waals surface area contributed by atoms with Crippen LogP contribution in [0.2, 0.25) is 0 Å². The average molecular weight is 469 g/mol. The van der Waals surface area contributed by atoms with E-state index in [1.165, 1.54) is 12.3 Å². The number of nitrogens with zero attached hydrogens (tertiary/aromatic N) is 2. The third-order valence-corrected chi connectivity index (χ3v) is 5.47. The van der Waals surface area contributed by atoms with Crippen LogP contribution in [-0.2, 0) is 6.18 Å². The number of benzene rings is 1. The topological polar surface area (TPSA) is 84.3 Å². The fourth-order valence-electron chi connectivity index (χ4n) is 3.73. The van der Waals surface area contributed by atoms with E-state index in [1.54, 1.807) is 36.5 Å². The summed E-state index contributed by atoms with van der Waals surface area (Å²) in [7, 11) is 0. The fraction of sp³-hybridized carbons (Fsp3) is 0.240. The second-order valence-electron chi connectivity index (χ2n) is 7.99. The Balaban J connectivity index is 1.37. The normalized spacial score (nSPS) is 19.6. The van der Waals surface area contributed by atoms with E-state index >= 15 is 0 Å². The van der Waals surface area contributed by atoms with Gasteiger partial charge in [-0.2, -0.15) is 13.2 Å². The van der Waals surface area contributed by atoms with Gasteiger partial charge in [-0.1, -0.05) is 23.8 Å². The largest absolute Gasteiger partial charge is 0.439 e. The van der Waals surface area contributed by atoms with Gasteiger partial charge in [-0.25, -0.2) is 4.98 Å². The molecule has 1 aliphatic rings. The highest BCUT2D eigenvalue weighted by Crippen LogP contribution is 2.31. The first-order valence-corrected chi connectivity index (χ1v) is 10.7. The third kappa shape index (κ3) is 5.99. The Kier molecular flexibility index (Phi) is 6.93. The zero-order valence-electron chi connectivity index (χ0n) is 18.0. The molecule has 2 atom stereocenters. The second-order valence-corrected chi connectivity index (χ2v) is 7.99. The lowest BCUT2D eigenvalue weighted by Crippen LogP contribution is -2.45. The molecule has 3 aromatic rings. The quantitative estimate of drug-likeness (QED) is 0.549. The summed E-state index contributed by atoms with van der Waals surface area (Å²) in [5.41, 5.74) is 1.44. The van der Waals surface area contributed by atoms with Crippen LogP contribution >= 0.6 is 0 Å². The zero-order valence-corrected chi connectivity index (χ0v) is 18.0. The molecule has 2 N–H and O–H groups in total. The van der Waals surface area contributed by atoms with Crippen LogP contribution in [0, 0.1) is 0 Å². The molecule has 0 aliphatic heterocycles. The van der Waals surface area contributed by atoms with E-state index in [4.69, 9.17) is 4.74 Å². The van der Waals surface area contributed by atoms with Crippen molar-refractivity contribution in [3.8, 4) is 11.6 Å². The molecule has 6 nitrogen and oxygen atoms in total. The van der Waals surface area contributed by atoms with Crippen LogP contribution in [0.1, 0.15) is 40.7 Å². The molecule has 0 saturated heterocycles. The maximum Gasteiger partial charge on any atom is 0.417 e. The summed E-state index contributed by atoms with van der Waals surface area (Å²) in [5, 5.41) is 13.4. The van der Waals surface area contributed by atoms with Gasteiger partial charge in [0.1, 0.15) is 5.75 Å². The van der Waals surface area contributed by atoms with Crippen LogP contribution in [0.4, 0.5) is 13.2 Å². The third-order valence-electron chi connectivity index (χ3n) is 5.47. The number of nitrogens with one attached hydrogen (secondary N) is 1. The second kappa shape index (κ2) is 10.0. The van der Waals surface area contributed by atoms with Gasteiger partial charge in [0.2, 0.25) is 5.88 Å². The van der Waals surface area contributed by atoms with Crippen molar-refractivity contribution in [2.45, 2.75) is 37.6 Å². The molecule has 0 radical (unpaired) electrons. The molecule has 1 amide bonds. The molecule has 4 rings (SSSR count). The minimum atomic E-state index is -4.46. The number of ether oxygens (including phenoxy) is 1. The monoisotopic (exact) mass is 469 g/mol. The molecule has 0 bridgehead atoms.